The van der Waals surface area contributed by atoms with Crippen molar-refractivity contribution in [1.82, 2.24) is 4.31 Å². The summed E-state index contributed by atoms with van der Waals surface area (Å²) in [5.41, 5.74) is 2.27. The minimum absolute atomic E-state index is 0.0343. The number of hydrogen-bond donors (Lipinski definition) is 0. The third-order valence-corrected chi connectivity index (χ3v) is 8.65. The predicted molar refractivity (Wildman–Crippen MR) is 128 cm³/mol. The van der Waals surface area contributed by atoms with Crippen LogP contribution in [0.1, 0.15) is 16.6 Å². The van der Waals surface area contributed by atoms with Crippen molar-refractivity contribution in [1.29, 1.82) is 0 Å². The van der Waals surface area contributed by atoms with E-state index >= 15 is 0 Å². The highest BCUT2D eigenvalue weighted by Crippen LogP contribution is 2.38. The quantitative estimate of drug-likeness (QED) is 0.466. The number of ether oxygens (including phenoxy) is 1. The maximum atomic E-state index is 13.7. The molecule has 6 nitrogen and oxygen atoms in total. The highest BCUT2D eigenvalue weighted by Gasteiger charge is 2.36. The molecule has 0 amide bonds. The fourth-order valence-electron chi connectivity index (χ4n) is 3.73. The Morgan fingerprint density at radius 3 is 2.31 bits per heavy atom. The third-order valence-electron chi connectivity index (χ3n) is 5.32. The summed E-state index contributed by atoms with van der Waals surface area (Å²) in [6, 6.07) is 16.7. The molecule has 32 heavy (non-hydrogen) atoms. The standard InChI is InChI=1S/C23H23ClN2O4S2/c1-2-30-23(27)21-22(20(16-31-21)17-6-4-3-5-7-17)32(28,29)26-14-12-25(13-15-26)19-10-8-18(24)9-11-19/h3-11,16H,2,12-15H2,1H3. The van der Waals surface area contributed by atoms with Crippen LogP contribution in [0.15, 0.2) is 64.9 Å². The summed E-state index contributed by atoms with van der Waals surface area (Å²) >= 11 is 7.08. The molecule has 1 fully saturated rings. The SMILES string of the molecule is CCOC(=O)c1scc(-c2ccccc2)c1S(=O)(=O)N1CCN(c2ccc(Cl)cc2)CC1. The number of esters is 1. The lowest BCUT2D eigenvalue weighted by Gasteiger charge is -2.35. The fourth-order valence-corrected chi connectivity index (χ4v) is 6.92. The largest absolute Gasteiger partial charge is 0.462 e. The molecular formula is C23H23ClN2O4S2. The van der Waals surface area contributed by atoms with Gasteiger partial charge in [0.05, 0.1) is 6.61 Å². The maximum Gasteiger partial charge on any atom is 0.349 e. The number of benzene rings is 2. The van der Waals surface area contributed by atoms with Crippen LogP contribution in [0.2, 0.25) is 5.02 Å². The number of rotatable bonds is 6. The molecule has 0 bridgehead atoms. The monoisotopic (exact) mass is 490 g/mol. The first-order valence-electron chi connectivity index (χ1n) is 10.3. The van der Waals surface area contributed by atoms with Gasteiger partial charge in [0.25, 0.3) is 0 Å². The summed E-state index contributed by atoms with van der Waals surface area (Å²) in [5, 5.41) is 2.38. The number of thiophene rings is 1. The molecule has 9 heteroatoms. The average Bonchev–Trinajstić information content (AvgIpc) is 3.27. The Labute approximate surface area is 197 Å². The Morgan fingerprint density at radius 1 is 1.03 bits per heavy atom. The van der Waals surface area contributed by atoms with E-state index in [-0.39, 0.29) is 16.4 Å². The van der Waals surface area contributed by atoms with Crippen LogP contribution in [0, 0.1) is 0 Å². The van der Waals surface area contributed by atoms with Crippen molar-refractivity contribution in [2.75, 3.05) is 37.7 Å². The van der Waals surface area contributed by atoms with Gasteiger partial charge in [0.2, 0.25) is 10.0 Å². The molecule has 1 aromatic heterocycles. The van der Waals surface area contributed by atoms with Crippen molar-refractivity contribution < 1.29 is 17.9 Å². The fraction of sp³-hybridized carbons (Fsp3) is 0.261. The first kappa shape index (κ1) is 22.8. The summed E-state index contributed by atoms with van der Waals surface area (Å²) in [6.45, 7) is 3.60. The number of hydrogen-bond acceptors (Lipinski definition) is 6. The molecule has 0 unspecified atom stereocenters. The van der Waals surface area contributed by atoms with Gasteiger partial charge in [0.1, 0.15) is 9.77 Å². The highest BCUT2D eigenvalue weighted by molar-refractivity contribution is 7.89. The highest BCUT2D eigenvalue weighted by atomic mass is 35.5. The zero-order valence-electron chi connectivity index (χ0n) is 17.5. The lowest BCUT2D eigenvalue weighted by molar-refractivity contribution is 0.0528. The van der Waals surface area contributed by atoms with Crippen LogP contribution in [0.3, 0.4) is 0 Å². The molecule has 0 saturated carbocycles. The molecule has 1 saturated heterocycles. The number of carbonyl (C=O) groups excluding carboxylic acids is 1. The number of carbonyl (C=O) groups is 1. The molecular weight excluding hydrogens is 468 g/mol. The molecule has 0 aliphatic carbocycles. The Morgan fingerprint density at radius 2 is 1.69 bits per heavy atom. The molecule has 0 spiro atoms. The van der Waals surface area contributed by atoms with Gasteiger partial charge in [-0.05, 0) is 36.8 Å². The van der Waals surface area contributed by atoms with Crippen LogP contribution >= 0.6 is 22.9 Å². The minimum Gasteiger partial charge on any atom is -0.462 e. The summed E-state index contributed by atoms with van der Waals surface area (Å²) in [7, 11) is -3.91. The predicted octanol–water partition coefficient (Wildman–Crippen LogP) is 4.76. The molecule has 2 aromatic carbocycles. The van der Waals surface area contributed by atoms with Gasteiger partial charge in [-0.15, -0.1) is 11.3 Å². The molecule has 168 valence electrons. The zero-order chi connectivity index (χ0) is 22.7. The van der Waals surface area contributed by atoms with Gasteiger partial charge < -0.3 is 9.64 Å². The average molecular weight is 491 g/mol. The van der Waals surface area contributed by atoms with Crippen LogP contribution in [0.25, 0.3) is 11.1 Å². The molecule has 0 atom stereocenters. The lowest BCUT2D eigenvalue weighted by Crippen LogP contribution is -2.48. The molecule has 4 rings (SSSR count). The van der Waals surface area contributed by atoms with Crippen LogP contribution in [0.5, 0.6) is 0 Å². The van der Waals surface area contributed by atoms with E-state index in [0.717, 1.165) is 22.6 Å². The first-order chi connectivity index (χ1) is 15.4. The third kappa shape index (κ3) is 4.54. The second-order valence-corrected chi connectivity index (χ2v) is 10.5. The number of halogens is 1. The van der Waals surface area contributed by atoms with Crippen molar-refractivity contribution in [3.05, 3.63) is 69.9 Å². The van der Waals surface area contributed by atoms with E-state index in [1.165, 1.54) is 4.31 Å². The summed E-state index contributed by atoms with van der Waals surface area (Å²) in [5.74, 6) is -0.613. The van der Waals surface area contributed by atoms with Gasteiger partial charge >= 0.3 is 5.97 Å². The maximum absolute atomic E-state index is 13.7. The van der Waals surface area contributed by atoms with Gasteiger partial charge in [0, 0.05) is 47.8 Å². The summed E-state index contributed by atoms with van der Waals surface area (Å²) < 4.78 is 34.1. The van der Waals surface area contributed by atoms with E-state index in [9.17, 15) is 13.2 Å². The normalized spacial score (nSPS) is 15.0. The van der Waals surface area contributed by atoms with Crippen LogP contribution in [-0.4, -0.2) is 51.5 Å². The number of anilines is 1. The van der Waals surface area contributed by atoms with E-state index in [2.05, 4.69) is 4.90 Å². The minimum atomic E-state index is -3.91. The first-order valence-corrected chi connectivity index (χ1v) is 13.0. The van der Waals surface area contributed by atoms with Gasteiger partial charge in [0.15, 0.2) is 0 Å². The molecule has 0 radical (unpaired) electrons. The van der Waals surface area contributed by atoms with Crippen LogP contribution < -0.4 is 4.90 Å². The second kappa shape index (κ2) is 9.62. The Balaban J connectivity index is 1.65. The van der Waals surface area contributed by atoms with Gasteiger partial charge in [-0.3, -0.25) is 0 Å². The zero-order valence-corrected chi connectivity index (χ0v) is 19.9. The lowest BCUT2D eigenvalue weighted by atomic mass is 10.1. The van der Waals surface area contributed by atoms with E-state index in [1.807, 2.05) is 54.6 Å². The van der Waals surface area contributed by atoms with Crippen molar-refractivity contribution in [2.45, 2.75) is 11.8 Å². The van der Waals surface area contributed by atoms with Gasteiger partial charge in [-0.2, -0.15) is 4.31 Å². The van der Waals surface area contributed by atoms with Crippen LogP contribution in [0.4, 0.5) is 5.69 Å². The topological polar surface area (TPSA) is 66.9 Å². The van der Waals surface area contributed by atoms with Crippen molar-refractivity contribution in [3.8, 4) is 11.1 Å². The van der Waals surface area contributed by atoms with E-state index in [0.29, 0.717) is 36.8 Å². The Hall–Kier alpha value is -2.39. The second-order valence-electron chi connectivity index (χ2n) is 7.26. The van der Waals surface area contributed by atoms with E-state index in [4.69, 9.17) is 16.3 Å². The number of piperazine rings is 1. The number of nitrogens with zero attached hydrogens (tertiary/aromatic N) is 2. The van der Waals surface area contributed by atoms with Gasteiger partial charge in [-0.1, -0.05) is 41.9 Å². The Bertz CT molecular complexity index is 1190. The molecule has 1 aliphatic heterocycles. The van der Waals surface area contributed by atoms with Crippen molar-refractivity contribution in [2.24, 2.45) is 0 Å². The van der Waals surface area contributed by atoms with Gasteiger partial charge in [-0.25, -0.2) is 13.2 Å². The Kier molecular flexibility index (Phi) is 6.85. The van der Waals surface area contributed by atoms with E-state index < -0.39 is 16.0 Å². The number of sulfonamides is 1. The molecule has 0 N–H and O–H groups in total. The smallest absolute Gasteiger partial charge is 0.349 e. The summed E-state index contributed by atoms with van der Waals surface area (Å²) in [6.07, 6.45) is 0. The van der Waals surface area contributed by atoms with Crippen LogP contribution in [-0.2, 0) is 14.8 Å². The summed E-state index contributed by atoms with van der Waals surface area (Å²) in [4.78, 5) is 14.9. The van der Waals surface area contributed by atoms with Crippen molar-refractivity contribution >= 4 is 44.6 Å². The molecule has 1 aliphatic rings. The molecule has 2 heterocycles. The van der Waals surface area contributed by atoms with Crippen molar-refractivity contribution in [3.63, 3.8) is 0 Å². The molecule has 3 aromatic rings. The van der Waals surface area contributed by atoms with E-state index in [1.54, 1.807) is 12.3 Å².